The summed E-state index contributed by atoms with van der Waals surface area (Å²) in [5, 5.41) is 11.3. The van der Waals surface area contributed by atoms with Gasteiger partial charge in [0.05, 0.1) is 7.11 Å². The number of rotatable bonds is 3. The maximum Gasteiger partial charge on any atom is 0.326 e. The van der Waals surface area contributed by atoms with E-state index >= 15 is 0 Å². The highest BCUT2D eigenvalue weighted by atomic mass is 16.5. The molecule has 20 heavy (non-hydrogen) atoms. The monoisotopic (exact) mass is 272 g/mol. The van der Waals surface area contributed by atoms with Gasteiger partial charge in [0.25, 0.3) is 0 Å². The fourth-order valence-electron chi connectivity index (χ4n) is 2.77. The summed E-state index contributed by atoms with van der Waals surface area (Å²) in [6.07, 6.45) is 3.27. The molecule has 1 aliphatic heterocycles. The van der Waals surface area contributed by atoms with Crippen LogP contribution >= 0.6 is 0 Å². The Balaban J connectivity index is 2.09. The number of aliphatic carboxylic acids is 1. The van der Waals surface area contributed by atoms with E-state index in [0.29, 0.717) is 6.42 Å². The third-order valence-electron chi connectivity index (χ3n) is 3.76. The van der Waals surface area contributed by atoms with Crippen LogP contribution in [0.1, 0.15) is 12.8 Å². The number of nitrogens with zero attached hydrogens (tertiary/aromatic N) is 2. The number of hydrogen-bond acceptors (Lipinski definition) is 4. The van der Waals surface area contributed by atoms with Gasteiger partial charge in [-0.3, -0.25) is 0 Å². The molecule has 1 atom stereocenters. The van der Waals surface area contributed by atoms with Crippen LogP contribution in [-0.4, -0.2) is 35.8 Å². The van der Waals surface area contributed by atoms with E-state index in [0.717, 1.165) is 35.3 Å². The van der Waals surface area contributed by atoms with Gasteiger partial charge in [0.1, 0.15) is 17.6 Å². The average molecular weight is 272 g/mol. The predicted molar refractivity (Wildman–Crippen MR) is 76.3 cm³/mol. The summed E-state index contributed by atoms with van der Waals surface area (Å²) in [4.78, 5) is 17.6. The van der Waals surface area contributed by atoms with Gasteiger partial charge in [-0.15, -0.1) is 0 Å². The number of pyridine rings is 1. The first kappa shape index (κ1) is 12.7. The molecule has 1 saturated heterocycles. The summed E-state index contributed by atoms with van der Waals surface area (Å²) in [6.45, 7) is 0.731. The molecule has 0 bridgehead atoms. The average Bonchev–Trinajstić information content (AvgIpc) is 2.95. The maximum absolute atomic E-state index is 11.3. The van der Waals surface area contributed by atoms with Gasteiger partial charge in [0, 0.05) is 18.1 Å². The van der Waals surface area contributed by atoms with Crippen molar-refractivity contribution in [1.29, 1.82) is 0 Å². The lowest BCUT2D eigenvalue weighted by Gasteiger charge is -2.23. The fourth-order valence-corrected chi connectivity index (χ4v) is 2.77. The highest BCUT2D eigenvalue weighted by Gasteiger charge is 2.32. The molecule has 0 spiro atoms. The van der Waals surface area contributed by atoms with Crippen LogP contribution in [0.15, 0.2) is 30.5 Å². The summed E-state index contributed by atoms with van der Waals surface area (Å²) >= 11 is 0. The number of carbonyl (C=O) groups is 1. The normalized spacial score (nSPS) is 18.4. The van der Waals surface area contributed by atoms with Gasteiger partial charge in [-0.25, -0.2) is 9.78 Å². The number of fused-ring (bicyclic) bond motifs is 1. The van der Waals surface area contributed by atoms with E-state index in [-0.39, 0.29) is 0 Å². The van der Waals surface area contributed by atoms with E-state index in [1.165, 1.54) is 0 Å². The Morgan fingerprint density at radius 2 is 2.30 bits per heavy atom. The van der Waals surface area contributed by atoms with Crippen molar-refractivity contribution in [3.05, 3.63) is 30.5 Å². The first-order chi connectivity index (χ1) is 9.70. The molecule has 0 aliphatic carbocycles. The molecule has 1 unspecified atom stereocenters. The van der Waals surface area contributed by atoms with Crippen molar-refractivity contribution in [2.75, 3.05) is 18.6 Å². The number of aromatic nitrogens is 1. The molecule has 1 aromatic heterocycles. The Hall–Kier alpha value is -2.30. The van der Waals surface area contributed by atoms with E-state index in [9.17, 15) is 9.90 Å². The van der Waals surface area contributed by atoms with Gasteiger partial charge in [0.2, 0.25) is 0 Å². The number of hydrogen-bond donors (Lipinski definition) is 1. The summed E-state index contributed by atoms with van der Waals surface area (Å²) in [5.74, 6) is 0.746. The van der Waals surface area contributed by atoms with Gasteiger partial charge < -0.3 is 14.7 Å². The van der Waals surface area contributed by atoms with Crippen molar-refractivity contribution >= 4 is 22.6 Å². The first-order valence-electron chi connectivity index (χ1n) is 6.63. The van der Waals surface area contributed by atoms with Crippen LogP contribution in [0, 0.1) is 0 Å². The molecule has 2 aromatic rings. The molecule has 5 nitrogen and oxygen atoms in total. The van der Waals surface area contributed by atoms with Gasteiger partial charge in [-0.1, -0.05) is 0 Å². The molecule has 1 aliphatic rings. The minimum absolute atomic E-state index is 0.477. The zero-order valence-electron chi connectivity index (χ0n) is 11.2. The number of methoxy groups -OCH3 is 1. The van der Waals surface area contributed by atoms with Crippen molar-refractivity contribution in [2.45, 2.75) is 18.9 Å². The minimum atomic E-state index is -0.783. The number of ether oxygens (including phenoxy) is 1. The van der Waals surface area contributed by atoms with E-state index in [1.807, 2.05) is 29.2 Å². The second-order valence-electron chi connectivity index (χ2n) is 4.91. The molecule has 104 valence electrons. The Morgan fingerprint density at radius 3 is 3.05 bits per heavy atom. The zero-order chi connectivity index (χ0) is 14.1. The second kappa shape index (κ2) is 5.00. The highest BCUT2D eigenvalue weighted by Crippen LogP contribution is 2.32. The molecule has 2 heterocycles. The lowest BCUT2D eigenvalue weighted by Crippen LogP contribution is -2.36. The van der Waals surface area contributed by atoms with Gasteiger partial charge in [0.15, 0.2) is 0 Å². The molecule has 1 aromatic carbocycles. The lowest BCUT2D eigenvalue weighted by atomic mass is 10.1. The van der Waals surface area contributed by atoms with Crippen molar-refractivity contribution in [1.82, 2.24) is 4.98 Å². The van der Waals surface area contributed by atoms with Gasteiger partial charge in [-0.2, -0.15) is 0 Å². The standard InChI is InChI=1S/C15H16N2O3/c1-20-11-4-5-12-10(9-11)6-7-16-14(12)17-8-2-3-13(17)15(18)19/h4-7,9,13H,2-3,8H2,1H3,(H,18,19). The zero-order valence-corrected chi connectivity index (χ0v) is 11.2. The third-order valence-corrected chi connectivity index (χ3v) is 3.76. The number of carboxylic acid groups (broad SMARTS) is 1. The first-order valence-corrected chi connectivity index (χ1v) is 6.63. The van der Waals surface area contributed by atoms with Crippen molar-refractivity contribution in [2.24, 2.45) is 0 Å². The molecule has 0 saturated carbocycles. The molecular weight excluding hydrogens is 256 g/mol. The largest absolute Gasteiger partial charge is 0.497 e. The van der Waals surface area contributed by atoms with E-state index < -0.39 is 12.0 Å². The summed E-state index contributed by atoms with van der Waals surface area (Å²) in [6, 6.07) is 7.18. The van der Waals surface area contributed by atoms with Crippen LogP contribution < -0.4 is 9.64 Å². The molecule has 5 heteroatoms. The SMILES string of the molecule is COc1ccc2c(N3CCCC3C(=O)O)nccc2c1. The number of carboxylic acids is 1. The number of anilines is 1. The maximum atomic E-state index is 11.3. The van der Waals surface area contributed by atoms with Gasteiger partial charge in [-0.05, 0) is 42.5 Å². The summed E-state index contributed by atoms with van der Waals surface area (Å²) in [7, 11) is 1.63. The Labute approximate surface area is 116 Å². The highest BCUT2D eigenvalue weighted by molar-refractivity contribution is 5.94. The Morgan fingerprint density at radius 1 is 1.45 bits per heavy atom. The van der Waals surface area contributed by atoms with Gasteiger partial charge >= 0.3 is 5.97 Å². The second-order valence-corrected chi connectivity index (χ2v) is 4.91. The predicted octanol–water partition coefficient (Wildman–Crippen LogP) is 2.30. The van der Waals surface area contributed by atoms with E-state index in [1.54, 1.807) is 13.3 Å². The van der Waals surface area contributed by atoms with Crippen LogP contribution in [0.4, 0.5) is 5.82 Å². The third kappa shape index (κ3) is 2.05. The van der Waals surface area contributed by atoms with E-state index in [2.05, 4.69) is 4.98 Å². The molecule has 1 N–H and O–H groups in total. The number of benzene rings is 1. The Kier molecular flexibility index (Phi) is 3.18. The molecular formula is C15H16N2O3. The minimum Gasteiger partial charge on any atom is -0.497 e. The van der Waals surface area contributed by atoms with Crippen LogP contribution in [0.2, 0.25) is 0 Å². The van der Waals surface area contributed by atoms with Crippen molar-refractivity contribution < 1.29 is 14.6 Å². The van der Waals surface area contributed by atoms with Crippen molar-refractivity contribution in [3.8, 4) is 5.75 Å². The van der Waals surface area contributed by atoms with Crippen LogP contribution in [0.3, 0.4) is 0 Å². The van der Waals surface area contributed by atoms with E-state index in [4.69, 9.17) is 4.74 Å². The smallest absolute Gasteiger partial charge is 0.326 e. The molecule has 0 amide bonds. The van der Waals surface area contributed by atoms with Crippen LogP contribution in [0.25, 0.3) is 10.8 Å². The Bertz CT molecular complexity index is 657. The summed E-state index contributed by atoms with van der Waals surface area (Å²) < 4.78 is 5.22. The fraction of sp³-hybridized carbons (Fsp3) is 0.333. The molecule has 3 rings (SSSR count). The quantitative estimate of drug-likeness (QED) is 0.928. The topological polar surface area (TPSA) is 62.7 Å². The van der Waals surface area contributed by atoms with Crippen LogP contribution in [-0.2, 0) is 4.79 Å². The summed E-state index contributed by atoms with van der Waals surface area (Å²) in [5.41, 5.74) is 0. The molecule has 1 fully saturated rings. The lowest BCUT2D eigenvalue weighted by molar-refractivity contribution is -0.138. The van der Waals surface area contributed by atoms with Crippen molar-refractivity contribution in [3.63, 3.8) is 0 Å². The molecule has 0 radical (unpaired) electrons. The van der Waals surface area contributed by atoms with Crippen LogP contribution in [0.5, 0.6) is 5.75 Å².